The van der Waals surface area contributed by atoms with E-state index in [1.54, 1.807) is 6.07 Å². The molecule has 40 heavy (non-hydrogen) atoms. The van der Waals surface area contributed by atoms with E-state index < -0.39 is 0 Å². The first-order valence-corrected chi connectivity index (χ1v) is 13.5. The van der Waals surface area contributed by atoms with Crippen LogP contribution in [0.5, 0.6) is 0 Å². The van der Waals surface area contributed by atoms with E-state index in [1.807, 2.05) is 59.4 Å². The van der Waals surface area contributed by atoms with Crippen molar-refractivity contribution in [2.45, 2.75) is 6.54 Å². The summed E-state index contributed by atoms with van der Waals surface area (Å²) in [6, 6.07) is 17.3. The van der Waals surface area contributed by atoms with Gasteiger partial charge in [0.1, 0.15) is 11.5 Å². The lowest BCUT2D eigenvalue weighted by Crippen LogP contribution is -2.50. The third-order valence-corrected chi connectivity index (χ3v) is 7.36. The molecule has 204 valence electrons. The van der Waals surface area contributed by atoms with Gasteiger partial charge in [-0.3, -0.25) is 9.48 Å². The van der Waals surface area contributed by atoms with Crippen molar-refractivity contribution < 1.29 is 9.18 Å². The molecule has 0 saturated carbocycles. The van der Waals surface area contributed by atoms with Gasteiger partial charge >= 0.3 is 0 Å². The summed E-state index contributed by atoms with van der Waals surface area (Å²) < 4.78 is 15.4. The lowest BCUT2D eigenvalue weighted by Gasteiger charge is -2.36. The highest BCUT2D eigenvalue weighted by molar-refractivity contribution is 5.95. The highest BCUT2D eigenvalue weighted by atomic mass is 19.1. The molecule has 1 fully saturated rings. The van der Waals surface area contributed by atoms with Gasteiger partial charge in [-0.05, 0) is 55.6 Å². The summed E-state index contributed by atoms with van der Waals surface area (Å²) in [5.74, 6) is -0.0613. The first-order chi connectivity index (χ1) is 19.4. The van der Waals surface area contributed by atoms with Crippen LogP contribution in [-0.2, 0) is 11.3 Å². The standard InChI is InChI=1S/C31H32FN7O/c1-36(2)21-30(40)38-12-10-37(11-13-38)27-8-6-23(7-9-27)24-15-28-29(18-34-31(28)33-16-24)25-17-35-39(20-25)19-22-4-3-5-26(32)14-22/h3-9,14-18,20H,10-13,19,21H2,1-2H3,(H,33,34). The van der Waals surface area contributed by atoms with Crippen LogP contribution in [0.4, 0.5) is 10.1 Å². The summed E-state index contributed by atoms with van der Waals surface area (Å²) in [6.45, 7) is 4.08. The molecule has 4 heterocycles. The first kappa shape index (κ1) is 25.8. The number of carbonyl (C=O) groups excluding carboxylic acids is 1. The molecule has 1 amide bonds. The number of likely N-dealkylation sites (N-methyl/N-ethyl adjacent to an activating group) is 1. The molecule has 8 nitrogen and oxygen atoms in total. The zero-order valence-electron chi connectivity index (χ0n) is 22.7. The summed E-state index contributed by atoms with van der Waals surface area (Å²) >= 11 is 0. The lowest BCUT2D eigenvalue weighted by molar-refractivity contribution is -0.132. The summed E-state index contributed by atoms with van der Waals surface area (Å²) in [6.07, 6.45) is 7.65. The number of carbonyl (C=O) groups is 1. The Morgan fingerprint density at radius 3 is 2.52 bits per heavy atom. The number of nitrogens with one attached hydrogen (secondary N) is 1. The van der Waals surface area contributed by atoms with Gasteiger partial charge in [-0.2, -0.15) is 5.10 Å². The molecule has 0 bridgehead atoms. The SMILES string of the molecule is CN(C)CC(=O)N1CCN(c2ccc(-c3cnc4[nH]cc(-c5cnn(Cc6cccc(F)c6)c5)c4c3)cc2)CC1. The van der Waals surface area contributed by atoms with Gasteiger partial charge in [-0.25, -0.2) is 9.37 Å². The van der Waals surface area contributed by atoms with Crippen molar-refractivity contribution in [3.05, 3.63) is 90.8 Å². The van der Waals surface area contributed by atoms with Crippen molar-refractivity contribution in [1.29, 1.82) is 0 Å². The van der Waals surface area contributed by atoms with E-state index in [9.17, 15) is 9.18 Å². The molecule has 3 aromatic heterocycles. The molecule has 1 saturated heterocycles. The molecule has 9 heteroatoms. The Kier molecular flexibility index (Phi) is 7.04. The third-order valence-electron chi connectivity index (χ3n) is 7.36. The predicted molar refractivity (Wildman–Crippen MR) is 156 cm³/mol. The monoisotopic (exact) mass is 537 g/mol. The van der Waals surface area contributed by atoms with Crippen molar-refractivity contribution in [3.63, 3.8) is 0 Å². The van der Waals surface area contributed by atoms with Crippen molar-refractivity contribution >= 4 is 22.6 Å². The predicted octanol–water partition coefficient (Wildman–Crippen LogP) is 4.49. The number of anilines is 1. The molecule has 5 aromatic rings. The van der Waals surface area contributed by atoms with Crippen LogP contribution in [-0.4, -0.2) is 82.3 Å². The Morgan fingerprint density at radius 1 is 0.975 bits per heavy atom. The van der Waals surface area contributed by atoms with E-state index in [0.717, 1.165) is 70.7 Å². The van der Waals surface area contributed by atoms with Crippen LogP contribution in [0.25, 0.3) is 33.3 Å². The van der Waals surface area contributed by atoms with E-state index in [1.165, 1.54) is 12.1 Å². The molecule has 0 unspecified atom stereocenters. The van der Waals surface area contributed by atoms with Crippen LogP contribution < -0.4 is 4.90 Å². The number of benzene rings is 2. The Labute approximate surface area is 232 Å². The third kappa shape index (κ3) is 5.46. The fourth-order valence-corrected chi connectivity index (χ4v) is 5.26. The van der Waals surface area contributed by atoms with Crippen LogP contribution >= 0.6 is 0 Å². The van der Waals surface area contributed by atoms with Crippen LogP contribution in [0.3, 0.4) is 0 Å². The van der Waals surface area contributed by atoms with Gasteiger partial charge in [-0.1, -0.05) is 24.3 Å². The topological polar surface area (TPSA) is 73.3 Å². The Morgan fingerprint density at radius 2 is 1.77 bits per heavy atom. The summed E-state index contributed by atoms with van der Waals surface area (Å²) in [5, 5.41) is 5.52. The highest BCUT2D eigenvalue weighted by Crippen LogP contribution is 2.31. The van der Waals surface area contributed by atoms with Crippen molar-refractivity contribution in [1.82, 2.24) is 29.5 Å². The summed E-state index contributed by atoms with van der Waals surface area (Å²) in [4.78, 5) is 26.5. The largest absolute Gasteiger partial charge is 0.368 e. The normalized spacial score (nSPS) is 13.9. The fourth-order valence-electron chi connectivity index (χ4n) is 5.26. The smallest absolute Gasteiger partial charge is 0.236 e. The number of hydrogen-bond acceptors (Lipinski definition) is 5. The maximum atomic E-state index is 13.6. The van der Waals surface area contributed by atoms with Crippen molar-refractivity contribution in [2.75, 3.05) is 51.7 Å². The van der Waals surface area contributed by atoms with Gasteiger partial charge in [0.05, 0.1) is 19.3 Å². The van der Waals surface area contributed by atoms with Crippen LogP contribution in [0.15, 0.2) is 79.4 Å². The van der Waals surface area contributed by atoms with Crippen LogP contribution in [0, 0.1) is 5.82 Å². The zero-order valence-corrected chi connectivity index (χ0v) is 22.7. The average molecular weight is 538 g/mol. The maximum Gasteiger partial charge on any atom is 0.236 e. The number of hydrogen-bond donors (Lipinski definition) is 1. The number of halogens is 1. The number of pyridine rings is 1. The number of fused-ring (bicyclic) bond motifs is 1. The fraction of sp³-hybridized carbons (Fsp3) is 0.258. The molecule has 1 aliphatic heterocycles. The van der Waals surface area contributed by atoms with Gasteiger partial charge in [0.15, 0.2) is 0 Å². The lowest BCUT2D eigenvalue weighted by atomic mass is 10.0. The van der Waals surface area contributed by atoms with Gasteiger partial charge in [0, 0.05) is 72.5 Å². The summed E-state index contributed by atoms with van der Waals surface area (Å²) in [7, 11) is 3.84. The van der Waals surface area contributed by atoms with Gasteiger partial charge in [0.25, 0.3) is 0 Å². The second kappa shape index (κ2) is 10.9. The maximum absolute atomic E-state index is 13.6. The molecule has 0 spiro atoms. The number of aromatic nitrogens is 4. The average Bonchev–Trinajstić information content (AvgIpc) is 3.59. The first-order valence-electron chi connectivity index (χ1n) is 13.5. The quantitative estimate of drug-likeness (QED) is 0.331. The number of aromatic amines is 1. The second-order valence-electron chi connectivity index (χ2n) is 10.5. The number of H-pyrrole nitrogens is 1. The number of nitrogens with zero attached hydrogens (tertiary/aromatic N) is 6. The van der Waals surface area contributed by atoms with E-state index in [-0.39, 0.29) is 11.7 Å². The molecular weight excluding hydrogens is 505 g/mol. The van der Waals surface area contributed by atoms with Crippen LogP contribution in [0.2, 0.25) is 0 Å². The Balaban J connectivity index is 1.17. The Hall–Kier alpha value is -4.50. The van der Waals surface area contributed by atoms with E-state index in [2.05, 4.69) is 50.3 Å². The van der Waals surface area contributed by atoms with Crippen LogP contribution in [0.1, 0.15) is 5.56 Å². The zero-order chi connectivity index (χ0) is 27.6. The summed E-state index contributed by atoms with van der Waals surface area (Å²) in [5.41, 5.74) is 6.95. The van der Waals surface area contributed by atoms with E-state index >= 15 is 0 Å². The molecule has 0 aliphatic carbocycles. The Bertz CT molecular complexity index is 1630. The molecule has 2 aromatic carbocycles. The van der Waals surface area contributed by atoms with E-state index in [0.29, 0.717) is 13.1 Å². The van der Waals surface area contributed by atoms with Gasteiger partial charge in [0.2, 0.25) is 5.91 Å². The van der Waals surface area contributed by atoms with Crippen molar-refractivity contribution in [3.8, 4) is 22.3 Å². The minimum atomic E-state index is -0.247. The molecule has 0 radical (unpaired) electrons. The van der Waals surface area contributed by atoms with Gasteiger partial charge < -0.3 is 19.7 Å². The van der Waals surface area contributed by atoms with Gasteiger partial charge in [-0.15, -0.1) is 0 Å². The van der Waals surface area contributed by atoms with E-state index in [4.69, 9.17) is 0 Å². The highest BCUT2D eigenvalue weighted by Gasteiger charge is 2.21. The minimum absolute atomic E-state index is 0.186. The molecule has 1 N–H and O–H groups in total. The molecule has 6 rings (SSSR count). The molecular formula is C31H32FN7O. The molecule has 0 atom stereocenters. The number of amides is 1. The minimum Gasteiger partial charge on any atom is -0.368 e. The number of rotatable bonds is 7. The van der Waals surface area contributed by atoms with Crippen molar-refractivity contribution in [2.24, 2.45) is 0 Å². The second-order valence-corrected chi connectivity index (χ2v) is 10.5. The molecule has 1 aliphatic rings. The number of piperazine rings is 1.